The third-order valence-corrected chi connectivity index (χ3v) is 3.36. The van der Waals surface area contributed by atoms with Crippen molar-refractivity contribution in [2.75, 3.05) is 7.05 Å². The summed E-state index contributed by atoms with van der Waals surface area (Å²) in [6.45, 7) is 2.56. The van der Waals surface area contributed by atoms with Crippen LogP contribution in [0.2, 0.25) is 0 Å². The minimum absolute atomic E-state index is 0.227. The summed E-state index contributed by atoms with van der Waals surface area (Å²) >= 11 is 1.44. The van der Waals surface area contributed by atoms with Crippen LogP contribution in [-0.2, 0) is 6.54 Å². The molecule has 3 nitrogen and oxygen atoms in total. The fraction of sp³-hybridized carbons (Fsp3) is 0.231. The lowest BCUT2D eigenvalue weighted by molar-refractivity contribution is 0.621. The van der Waals surface area contributed by atoms with E-state index in [0.717, 1.165) is 16.0 Å². The fourth-order valence-electron chi connectivity index (χ4n) is 1.51. The van der Waals surface area contributed by atoms with Crippen molar-refractivity contribution >= 4 is 11.8 Å². The van der Waals surface area contributed by atoms with Gasteiger partial charge in [-0.1, -0.05) is 0 Å². The molecule has 1 heterocycles. The number of nitrogens with one attached hydrogen (secondary N) is 1. The third-order valence-electron chi connectivity index (χ3n) is 2.35. The second kappa shape index (κ2) is 5.93. The van der Waals surface area contributed by atoms with Crippen LogP contribution in [0.1, 0.15) is 11.1 Å². The van der Waals surface area contributed by atoms with Crippen molar-refractivity contribution in [3.8, 4) is 0 Å². The van der Waals surface area contributed by atoms with E-state index >= 15 is 0 Å². The molecule has 0 aliphatic carbocycles. The Morgan fingerprint density at radius 2 is 2.00 bits per heavy atom. The third kappa shape index (κ3) is 3.27. The number of aromatic nitrogens is 2. The van der Waals surface area contributed by atoms with Crippen molar-refractivity contribution in [3.05, 3.63) is 47.5 Å². The Labute approximate surface area is 110 Å². The number of hydrogen-bond acceptors (Lipinski definition) is 4. The first-order chi connectivity index (χ1) is 8.69. The van der Waals surface area contributed by atoms with Crippen molar-refractivity contribution in [3.63, 3.8) is 0 Å². The molecule has 0 saturated carbocycles. The van der Waals surface area contributed by atoms with Crippen LogP contribution >= 0.6 is 11.8 Å². The first-order valence-corrected chi connectivity index (χ1v) is 6.40. The summed E-state index contributed by atoms with van der Waals surface area (Å²) in [4.78, 5) is 9.44. The molecule has 0 spiro atoms. The van der Waals surface area contributed by atoms with E-state index in [1.54, 1.807) is 18.5 Å². The molecular formula is C13H14FN3S. The van der Waals surface area contributed by atoms with Crippen LogP contribution in [0.4, 0.5) is 4.39 Å². The summed E-state index contributed by atoms with van der Waals surface area (Å²) in [5, 5.41) is 3.70. The monoisotopic (exact) mass is 263 g/mol. The van der Waals surface area contributed by atoms with Crippen molar-refractivity contribution in [2.45, 2.75) is 23.5 Å². The number of aryl methyl sites for hydroxylation is 1. The second-order valence-corrected chi connectivity index (χ2v) is 4.94. The standard InChI is InChI=1S/C13H14FN3S/c1-9-6-16-13(17-7-9)18-12-4-3-11(14)5-10(12)8-15-2/h3-7,15H,8H2,1-2H3. The van der Waals surface area contributed by atoms with Gasteiger partial charge in [0, 0.05) is 23.8 Å². The molecule has 0 unspecified atom stereocenters. The number of hydrogen-bond donors (Lipinski definition) is 1. The summed E-state index contributed by atoms with van der Waals surface area (Å²) in [5.74, 6) is -0.227. The highest BCUT2D eigenvalue weighted by Crippen LogP contribution is 2.28. The normalized spacial score (nSPS) is 10.6. The van der Waals surface area contributed by atoms with E-state index in [4.69, 9.17) is 0 Å². The minimum atomic E-state index is -0.227. The Morgan fingerprint density at radius 1 is 1.28 bits per heavy atom. The van der Waals surface area contributed by atoms with Crippen molar-refractivity contribution in [1.82, 2.24) is 15.3 Å². The predicted molar refractivity (Wildman–Crippen MR) is 70.1 cm³/mol. The largest absolute Gasteiger partial charge is 0.316 e. The summed E-state index contributed by atoms with van der Waals surface area (Å²) < 4.78 is 13.2. The van der Waals surface area contributed by atoms with Crippen LogP contribution in [0.15, 0.2) is 40.6 Å². The van der Waals surface area contributed by atoms with Gasteiger partial charge in [-0.15, -0.1) is 0 Å². The SMILES string of the molecule is CNCc1cc(F)ccc1Sc1ncc(C)cn1. The summed E-state index contributed by atoms with van der Waals surface area (Å²) in [6, 6.07) is 4.75. The Hall–Kier alpha value is -1.46. The molecule has 1 N–H and O–H groups in total. The molecule has 0 atom stereocenters. The Bertz CT molecular complexity index is 528. The topological polar surface area (TPSA) is 37.8 Å². The first-order valence-electron chi connectivity index (χ1n) is 5.58. The zero-order valence-corrected chi connectivity index (χ0v) is 11.1. The van der Waals surface area contributed by atoms with Crippen LogP contribution in [0.5, 0.6) is 0 Å². The second-order valence-electron chi connectivity index (χ2n) is 3.93. The molecule has 5 heteroatoms. The highest BCUT2D eigenvalue weighted by molar-refractivity contribution is 7.99. The molecule has 0 aliphatic heterocycles. The van der Waals surface area contributed by atoms with Gasteiger partial charge in [0.15, 0.2) is 5.16 Å². The van der Waals surface area contributed by atoms with Crippen LogP contribution in [0.25, 0.3) is 0 Å². The van der Waals surface area contributed by atoms with Gasteiger partial charge in [-0.2, -0.15) is 0 Å². The summed E-state index contributed by atoms with van der Waals surface area (Å²) in [5.41, 5.74) is 1.93. The van der Waals surface area contributed by atoms with Crippen LogP contribution in [0, 0.1) is 12.7 Å². The average Bonchev–Trinajstić information content (AvgIpc) is 2.36. The van der Waals surface area contributed by atoms with E-state index in [-0.39, 0.29) is 5.82 Å². The zero-order valence-electron chi connectivity index (χ0n) is 10.3. The minimum Gasteiger partial charge on any atom is -0.316 e. The van der Waals surface area contributed by atoms with E-state index in [9.17, 15) is 4.39 Å². The molecule has 94 valence electrons. The van der Waals surface area contributed by atoms with E-state index in [2.05, 4.69) is 15.3 Å². The average molecular weight is 263 g/mol. The zero-order chi connectivity index (χ0) is 13.0. The van der Waals surface area contributed by atoms with Gasteiger partial charge in [-0.05, 0) is 55.1 Å². The molecule has 0 saturated heterocycles. The number of halogens is 1. The molecule has 0 fully saturated rings. The molecule has 1 aromatic heterocycles. The van der Waals surface area contributed by atoms with E-state index < -0.39 is 0 Å². The van der Waals surface area contributed by atoms with Crippen LogP contribution in [-0.4, -0.2) is 17.0 Å². The molecular weight excluding hydrogens is 249 g/mol. The lowest BCUT2D eigenvalue weighted by Gasteiger charge is -2.08. The van der Waals surface area contributed by atoms with Gasteiger partial charge in [-0.25, -0.2) is 14.4 Å². The molecule has 0 aliphatic rings. The maximum atomic E-state index is 13.2. The summed E-state index contributed by atoms with van der Waals surface area (Å²) in [6.07, 6.45) is 3.55. The smallest absolute Gasteiger partial charge is 0.192 e. The molecule has 0 bridgehead atoms. The van der Waals surface area contributed by atoms with Crippen molar-refractivity contribution < 1.29 is 4.39 Å². The van der Waals surface area contributed by atoms with Crippen molar-refractivity contribution in [1.29, 1.82) is 0 Å². The van der Waals surface area contributed by atoms with E-state index in [0.29, 0.717) is 11.7 Å². The molecule has 0 amide bonds. The quantitative estimate of drug-likeness (QED) is 0.861. The fourth-order valence-corrected chi connectivity index (χ4v) is 2.31. The molecule has 2 aromatic rings. The van der Waals surface area contributed by atoms with Gasteiger partial charge in [0.1, 0.15) is 5.82 Å². The van der Waals surface area contributed by atoms with E-state index in [1.807, 2.05) is 14.0 Å². The first kappa shape index (κ1) is 13.0. The molecule has 18 heavy (non-hydrogen) atoms. The van der Waals surface area contributed by atoms with Gasteiger partial charge in [0.2, 0.25) is 0 Å². The van der Waals surface area contributed by atoms with Gasteiger partial charge in [0.25, 0.3) is 0 Å². The Kier molecular flexibility index (Phi) is 4.28. The molecule has 1 aromatic carbocycles. The van der Waals surface area contributed by atoms with Crippen molar-refractivity contribution in [2.24, 2.45) is 0 Å². The maximum Gasteiger partial charge on any atom is 0.192 e. The van der Waals surface area contributed by atoms with Crippen LogP contribution in [0.3, 0.4) is 0 Å². The predicted octanol–water partition coefficient (Wildman–Crippen LogP) is 2.79. The molecule has 2 rings (SSSR count). The Balaban J connectivity index is 2.25. The van der Waals surface area contributed by atoms with Gasteiger partial charge >= 0.3 is 0 Å². The highest BCUT2D eigenvalue weighted by atomic mass is 32.2. The Morgan fingerprint density at radius 3 is 2.67 bits per heavy atom. The maximum absolute atomic E-state index is 13.2. The number of rotatable bonds is 4. The van der Waals surface area contributed by atoms with Crippen LogP contribution < -0.4 is 5.32 Å². The lowest BCUT2D eigenvalue weighted by atomic mass is 10.2. The summed E-state index contributed by atoms with van der Waals surface area (Å²) in [7, 11) is 1.84. The lowest BCUT2D eigenvalue weighted by Crippen LogP contribution is -2.06. The van der Waals surface area contributed by atoms with E-state index in [1.165, 1.54) is 23.9 Å². The highest BCUT2D eigenvalue weighted by Gasteiger charge is 2.07. The van der Waals surface area contributed by atoms with Gasteiger partial charge < -0.3 is 5.32 Å². The van der Waals surface area contributed by atoms with Gasteiger partial charge in [-0.3, -0.25) is 0 Å². The van der Waals surface area contributed by atoms with Gasteiger partial charge in [0.05, 0.1) is 0 Å². The number of benzene rings is 1. The number of nitrogens with zero attached hydrogens (tertiary/aromatic N) is 2. The molecule has 0 radical (unpaired) electrons.